The third-order valence-electron chi connectivity index (χ3n) is 2.43. The SMILES string of the molecule is NNC(=O)C(F)(F)Oc1c(I)cc(Cl)c2ccc(Cl)nc12. The fourth-order valence-corrected chi connectivity index (χ4v) is 2.79. The van der Waals surface area contributed by atoms with Crippen molar-refractivity contribution in [1.82, 2.24) is 10.4 Å². The number of nitrogens with one attached hydrogen (secondary N) is 1. The molecule has 1 amide bonds. The van der Waals surface area contributed by atoms with Gasteiger partial charge in [-0.1, -0.05) is 23.2 Å². The summed E-state index contributed by atoms with van der Waals surface area (Å²) in [6.07, 6.45) is -4.17. The molecule has 1 aromatic carbocycles. The van der Waals surface area contributed by atoms with E-state index in [1.807, 2.05) is 0 Å². The standard InChI is InChI=1S/C11H6Cl2F2IN3O2/c12-5-3-6(16)9(21-11(14,15)10(20)19-17)8-4(5)1-2-7(13)18-8/h1-3H,17H2,(H,19,20). The van der Waals surface area contributed by atoms with E-state index in [0.29, 0.717) is 5.39 Å². The monoisotopic (exact) mass is 447 g/mol. The molecule has 2 rings (SSSR count). The minimum Gasteiger partial charge on any atom is -0.422 e. The predicted molar refractivity (Wildman–Crippen MR) is 82.4 cm³/mol. The van der Waals surface area contributed by atoms with Crippen LogP contribution in [0.15, 0.2) is 18.2 Å². The highest BCUT2D eigenvalue weighted by atomic mass is 127. The molecule has 0 aliphatic heterocycles. The van der Waals surface area contributed by atoms with E-state index in [-0.39, 0.29) is 25.0 Å². The highest BCUT2D eigenvalue weighted by Crippen LogP contribution is 2.38. The quantitative estimate of drug-likeness (QED) is 0.249. The molecule has 1 aromatic heterocycles. The summed E-state index contributed by atoms with van der Waals surface area (Å²) in [5.41, 5.74) is 1.34. The molecule has 0 fully saturated rings. The van der Waals surface area contributed by atoms with Crippen LogP contribution in [0.3, 0.4) is 0 Å². The molecular formula is C11H6Cl2F2IN3O2. The van der Waals surface area contributed by atoms with Crippen LogP contribution in [0.5, 0.6) is 5.75 Å². The summed E-state index contributed by atoms with van der Waals surface area (Å²) in [6, 6.07) is 4.38. The summed E-state index contributed by atoms with van der Waals surface area (Å²) in [5, 5.41) is 0.718. The van der Waals surface area contributed by atoms with E-state index in [9.17, 15) is 13.6 Å². The highest BCUT2D eigenvalue weighted by Gasteiger charge is 2.43. The number of fused-ring (bicyclic) bond motifs is 1. The highest BCUT2D eigenvalue weighted by molar-refractivity contribution is 14.1. The van der Waals surface area contributed by atoms with Gasteiger partial charge in [-0.05, 0) is 40.8 Å². The molecule has 0 bridgehead atoms. The molecule has 0 aliphatic carbocycles. The lowest BCUT2D eigenvalue weighted by Crippen LogP contribution is -2.47. The van der Waals surface area contributed by atoms with Crippen molar-refractivity contribution in [2.45, 2.75) is 6.11 Å². The van der Waals surface area contributed by atoms with E-state index < -0.39 is 12.0 Å². The van der Waals surface area contributed by atoms with Crippen LogP contribution < -0.4 is 16.0 Å². The number of halogens is 5. The maximum absolute atomic E-state index is 13.6. The van der Waals surface area contributed by atoms with Crippen molar-refractivity contribution in [2.24, 2.45) is 5.84 Å². The maximum Gasteiger partial charge on any atom is 0.483 e. The Bertz CT molecular complexity index is 730. The number of alkyl halides is 2. The normalized spacial score (nSPS) is 11.5. The Hall–Kier alpha value is -0.970. The second-order valence-electron chi connectivity index (χ2n) is 3.79. The minimum atomic E-state index is -4.17. The Labute approximate surface area is 140 Å². The maximum atomic E-state index is 13.6. The van der Waals surface area contributed by atoms with E-state index >= 15 is 0 Å². The first kappa shape index (κ1) is 16.4. The number of nitrogens with zero attached hydrogens (tertiary/aromatic N) is 1. The summed E-state index contributed by atoms with van der Waals surface area (Å²) >= 11 is 13.5. The molecule has 1 heterocycles. The summed E-state index contributed by atoms with van der Waals surface area (Å²) in [7, 11) is 0. The second kappa shape index (κ2) is 6.03. The molecule has 0 aliphatic rings. The fraction of sp³-hybridized carbons (Fsp3) is 0.0909. The molecule has 10 heteroatoms. The number of rotatable bonds is 3. The van der Waals surface area contributed by atoms with Crippen LogP contribution in [-0.2, 0) is 4.79 Å². The van der Waals surface area contributed by atoms with Gasteiger partial charge in [0.1, 0.15) is 10.7 Å². The van der Waals surface area contributed by atoms with Crippen molar-refractivity contribution in [3.05, 3.63) is 31.9 Å². The van der Waals surface area contributed by atoms with E-state index in [0.717, 1.165) is 0 Å². The first-order chi connectivity index (χ1) is 9.76. The summed E-state index contributed by atoms with van der Waals surface area (Å²) < 4.78 is 31.9. The van der Waals surface area contributed by atoms with Crippen LogP contribution in [0.2, 0.25) is 10.2 Å². The first-order valence-corrected chi connectivity index (χ1v) is 7.12. The third-order valence-corrected chi connectivity index (χ3v) is 3.75. The van der Waals surface area contributed by atoms with Crippen LogP contribution in [0.25, 0.3) is 10.9 Å². The van der Waals surface area contributed by atoms with Crippen molar-refractivity contribution in [1.29, 1.82) is 0 Å². The van der Waals surface area contributed by atoms with Crippen LogP contribution in [-0.4, -0.2) is 17.0 Å². The van der Waals surface area contributed by atoms with Crippen LogP contribution in [0.4, 0.5) is 8.78 Å². The number of aromatic nitrogens is 1. The van der Waals surface area contributed by atoms with Crippen molar-refractivity contribution >= 4 is 62.6 Å². The van der Waals surface area contributed by atoms with E-state index in [2.05, 4.69) is 9.72 Å². The topological polar surface area (TPSA) is 77.2 Å². The van der Waals surface area contributed by atoms with Crippen LogP contribution in [0, 0.1) is 3.57 Å². The second-order valence-corrected chi connectivity index (χ2v) is 5.75. The van der Waals surface area contributed by atoms with Gasteiger partial charge in [0.2, 0.25) is 0 Å². The summed E-state index contributed by atoms with van der Waals surface area (Å²) in [6.45, 7) is 0. The number of hydrogen-bond acceptors (Lipinski definition) is 4. The Morgan fingerprint density at radius 3 is 2.71 bits per heavy atom. The zero-order valence-electron chi connectivity index (χ0n) is 9.96. The zero-order chi connectivity index (χ0) is 15.8. The number of ether oxygens (including phenoxy) is 1. The van der Waals surface area contributed by atoms with Gasteiger partial charge in [0.25, 0.3) is 0 Å². The molecule has 112 valence electrons. The number of carbonyl (C=O) groups excluding carboxylic acids is 1. The minimum absolute atomic E-state index is 0.0175. The fourth-order valence-electron chi connectivity index (χ4n) is 1.52. The molecule has 2 aromatic rings. The van der Waals surface area contributed by atoms with Gasteiger partial charge in [0.05, 0.1) is 8.59 Å². The Morgan fingerprint density at radius 1 is 1.43 bits per heavy atom. The first-order valence-electron chi connectivity index (χ1n) is 5.28. The largest absolute Gasteiger partial charge is 0.483 e. The lowest BCUT2D eigenvalue weighted by molar-refractivity contribution is -0.192. The number of benzene rings is 1. The van der Waals surface area contributed by atoms with Gasteiger partial charge in [0.15, 0.2) is 5.75 Å². The Balaban J connectivity index is 2.63. The number of nitrogens with two attached hydrogens (primary N) is 1. The molecule has 0 unspecified atom stereocenters. The lowest BCUT2D eigenvalue weighted by Gasteiger charge is -2.18. The molecule has 0 atom stereocenters. The Kier molecular flexibility index (Phi) is 4.71. The van der Waals surface area contributed by atoms with E-state index in [1.165, 1.54) is 23.6 Å². The summed E-state index contributed by atoms with van der Waals surface area (Å²) in [4.78, 5) is 15.0. The van der Waals surface area contributed by atoms with Crippen molar-refractivity contribution in [3.8, 4) is 5.75 Å². The average molecular weight is 448 g/mol. The molecule has 5 nitrogen and oxygen atoms in total. The van der Waals surface area contributed by atoms with Gasteiger partial charge in [-0.25, -0.2) is 10.8 Å². The van der Waals surface area contributed by atoms with E-state index in [1.54, 1.807) is 22.6 Å². The molecule has 0 radical (unpaired) electrons. The third kappa shape index (κ3) is 3.28. The van der Waals surface area contributed by atoms with Gasteiger partial charge in [-0.15, -0.1) is 0 Å². The lowest BCUT2D eigenvalue weighted by atomic mass is 10.2. The van der Waals surface area contributed by atoms with Gasteiger partial charge < -0.3 is 4.74 Å². The summed E-state index contributed by atoms with van der Waals surface area (Å²) in [5.74, 6) is 2.59. The van der Waals surface area contributed by atoms with Crippen molar-refractivity contribution in [2.75, 3.05) is 0 Å². The molecular weight excluding hydrogens is 442 g/mol. The average Bonchev–Trinajstić information content (AvgIpc) is 2.42. The van der Waals surface area contributed by atoms with Gasteiger partial charge in [-0.3, -0.25) is 10.2 Å². The van der Waals surface area contributed by atoms with Gasteiger partial charge >= 0.3 is 12.0 Å². The molecule has 0 saturated heterocycles. The number of carbonyl (C=O) groups is 1. The van der Waals surface area contributed by atoms with Crippen molar-refractivity contribution < 1.29 is 18.3 Å². The predicted octanol–water partition coefficient (Wildman–Crippen LogP) is 3.11. The smallest absolute Gasteiger partial charge is 0.422 e. The molecule has 0 saturated carbocycles. The van der Waals surface area contributed by atoms with E-state index in [4.69, 9.17) is 29.0 Å². The molecule has 21 heavy (non-hydrogen) atoms. The van der Waals surface area contributed by atoms with Gasteiger partial charge in [-0.2, -0.15) is 8.78 Å². The van der Waals surface area contributed by atoms with Crippen molar-refractivity contribution in [3.63, 3.8) is 0 Å². The number of amides is 1. The van der Waals surface area contributed by atoms with Crippen LogP contribution >= 0.6 is 45.8 Å². The van der Waals surface area contributed by atoms with Gasteiger partial charge in [0, 0.05) is 5.39 Å². The molecule has 0 spiro atoms. The number of hydrogen-bond donors (Lipinski definition) is 2. The zero-order valence-corrected chi connectivity index (χ0v) is 13.6. The molecule has 3 N–H and O–H groups in total. The van der Waals surface area contributed by atoms with Crippen LogP contribution in [0.1, 0.15) is 0 Å². The Morgan fingerprint density at radius 2 is 2.10 bits per heavy atom. The number of hydrazine groups is 1. The number of pyridine rings is 1.